The summed E-state index contributed by atoms with van der Waals surface area (Å²) in [5.41, 5.74) is 3.31. The molecule has 2 heterocycles. The van der Waals surface area contributed by atoms with Gasteiger partial charge in [0.25, 0.3) is 0 Å². The molecular formula is C24H22N2O6S. The monoisotopic (exact) mass is 466 g/mol. The molecule has 170 valence electrons. The number of fused-ring (bicyclic) bond motifs is 2. The van der Waals surface area contributed by atoms with Gasteiger partial charge in [-0.25, -0.2) is 13.2 Å². The lowest BCUT2D eigenvalue weighted by Crippen LogP contribution is -2.40. The highest BCUT2D eigenvalue weighted by molar-refractivity contribution is 7.89. The Morgan fingerprint density at radius 2 is 1.73 bits per heavy atom. The number of rotatable bonds is 5. The Labute approximate surface area is 190 Å². The molecule has 0 radical (unpaired) electrons. The van der Waals surface area contributed by atoms with Crippen molar-refractivity contribution in [2.24, 2.45) is 0 Å². The van der Waals surface area contributed by atoms with Crippen LogP contribution in [0.4, 0.5) is 0 Å². The van der Waals surface area contributed by atoms with E-state index in [0.717, 1.165) is 16.7 Å². The molecule has 1 N–H and O–H groups in total. The van der Waals surface area contributed by atoms with E-state index in [4.69, 9.17) is 13.9 Å². The van der Waals surface area contributed by atoms with Crippen molar-refractivity contribution >= 4 is 21.1 Å². The molecule has 0 amide bonds. The molecule has 1 atom stereocenters. The summed E-state index contributed by atoms with van der Waals surface area (Å²) in [4.78, 5) is 14.1. The molecule has 0 saturated heterocycles. The first-order valence-electron chi connectivity index (χ1n) is 10.4. The first-order chi connectivity index (χ1) is 15.9. The fourth-order valence-corrected chi connectivity index (χ4v) is 6.00. The Kier molecular flexibility index (Phi) is 5.22. The van der Waals surface area contributed by atoms with Crippen LogP contribution < -0.4 is 15.2 Å². The van der Waals surface area contributed by atoms with E-state index in [0.29, 0.717) is 23.4 Å². The molecule has 8 nitrogen and oxygen atoms in total. The smallest absolute Gasteiger partial charge is 0.417 e. The lowest BCUT2D eigenvalue weighted by atomic mass is 9.89. The van der Waals surface area contributed by atoms with Crippen molar-refractivity contribution in [3.63, 3.8) is 0 Å². The second-order valence-corrected chi connectivity index (χ2v) is 9.65. The number of nitrogens with one attached hydrogen (secondary N) is 1. The number of methoxy groups -OCH3 is 2. The zero-order valence-corrected chi connectivity index (χ0v) is 18.9. The second kappa shape index (κ2) is 8.09. The topological polar surface area (TPSA) is 102 Å². The minimum absolute atomic E-state index is 0.0580. The second-order valence-electron chi connectivity index (χ2n) is 7.76. The molecule has 0 bridgehead atoms. The predicted molar refractivity (Wildman–Crippen MR) is 122 cm³/mol. The van der Waals surface area contributed by atoms with E-state index < -0.39 is 21.8 Å². The number of oxazole rings is 1. The summed E-state index contributed by atoms with van der Waals surface area (Å²) in [5.74, 6) is 0.508. The van der Waals surface area contributed by atoms with E-state index in [1.807, 2.05) is 42.5 Å². The molecule has 0 saturated carbocycles. The van der Waals surface area contributed by atoms with Crippen molar-refractivity contribution in [1.82, 2.24) is 9.29 Å². The van der Waals surface area contributed by atoms with Gasteiger partial charge in [-0.2, -0.15) is 4.31 Å². The molecule has 5 rings (SSSR count). The van der Waals surface area contributed by atoms with Crippen molar-refractivity contribution in [3.8, 4) is 11.5 Å². The third-order valence-corrected chi connectivity index (χ3v) is 7.80. The van der Waals surface area contributed by atoms with Gasteiger partial charge in [0.1, 0.15) is 0 Å². The standard InChI is InChI=1S/C24H22N2O6S/c1-30-21-12-16-10-11-26(23(15-6-4-3-5-7-15)18(16)14-22(21)31-2)33(28,29)17-8-9-19-20(13-17)32-24(27)25-19/h3-9,12-14,23H,10-11H2,1-2H3,(H,25,27)/t23-/m1/s1. The normalized spacial score (nSPS) is 16.5. The first-order valence-corrected chi connectivity index (χ1v) is 11.8. The Balaban J connectivity index is 1.68. The van der Waals surface area contributed by atoms with Gasteiger partial charge in [-0.3, -0.25) is 4.98 Å². The molecule has 9 heteroatoms. The average Bonchev–Trinajstić information content (AvgIpc) is 3.22. The predicted octanol–water partition coefficient (Wildman–Crippen LogP) is 3.47. The van der Waals surface area contributed by atoms with Crippen LogP contribution in [-0.2, 0) is 16.4 Å². The summed E-state index contributed by atoms with van der Waals surface area (Å²) in [7, 11) is -0.802. The maximum atomic E-state index is 13.8. The third kappa shape index (κ3) is 3.59. The van der Waals surface area contributed by atoms with Crippen molar-refractivity contribution in [2.75, 3.05) is 20.8 Å². The summed E-state index contributed by atoms with van der Waals surface area (Å²) in [5, 5.41) is 0. The van der Waals surface area contributed by atoms with Crippen molar-refractivity contribution in [3.05, 3.63) is 87.9 Å². The number of hydrogen-bond donors (Lipinski definition) is 1. The molecule has 1 aliphatic heterocycles. The highest BCUT2D eigenvalue weighted by atomic mass is 32.2. The summed E-state index contributed by atoms with van der Waals surface area (Å²) < 4.78 is 45.2. The van der Waals surface area contributed by atoms with Gasteiger partial charge in [0, 0.05) is 12.6 Å². The van der Waals surface area contributed by atoms with E-state index >= 15 is 0 Å². The highest BCUT2D eigenvalue weighted by Crippen LogP contribution is 2.43. The van der Waals surface area contributed by atoms with Crippen molar-refractivity contribution < 1.29 is 22.3 Å². The lowest BCUT2D eigenvalue weighted by molar-refractivity contribution is 0.332. The average molecular weight is 467 g/mol. The van der Waals surface area contributed by atoms with Gasteiger partial charge < -0.3 is 13.9 Å². The number of aromatic nitrogens is 1. The summed E-state index contributed by atoms with van der Waals surface area (Å²) >= 11 is 0. The molecule has 0 fully saturated rings. The fourth-order valence-electron chi connectivity index (χ4n) is 4.38. The number of benzene rings is 3. The maximum absolute atomic E-state index is 13.8. The third-order valence-electron chi connectivity index (χ3n) is 5.94. The number of sulfonamides is 1. The number of ether oxygens (including phenoxy) is 2. The zero-order valence-electron chi connectivity index (χ0n) is 18.1. The van der Waals surface area contributed by atoms with Gasteiger partial charge in [0.15, 0.2) is 17.1 Å². The van der Waals surface area contributed by atoms with Gasteiger partial charge in [-0.05, 0) is 47.4 Å². The quantitative estimate of drug-likeness (QED) is 0.483. The minimum Gasteiger partial charge on any atom is -0.493 e. The highest BCUT2D eigenvalue weighted by Gasteiger charge is 2.38. The van der Waals surface area contributed by atoms with Gasteiger partial charge in [-0.15, -0.1) is 0 Å². The minimum atomic E-state index is -3.93. The summed E-state index contributed by atoms with van der Waals surface area (Å²) in [6, 6.07) is 17.1. The summed E-state index contributed by atoms with van der Waals surface area (Å²) in [6.07, 6.45) is 0.514. The first kappa shape index (κ1) is 21.3. The number of nitrogens with zero attached hydrogens (tertiary/aromatic N) is 1. The Bertz CT molecular complexity index is 1490. The van der Waals surface area contributed by atoms with Crippen molar-refractivity contribution in [2.45, 2.75) is 17.4 Å². The van der Waals surface area contributed by atoms with E-state index in [9.17, 15) is 13.2 Å². The number of H-pyrrole nitrogens is 1. The SMILES string of the molecule is COc1cc2c(cc1OC)[C@@H](c1ccccc1)N(S(=O)(=O)c1ccc3[nH]c(=O)oc3c1)CC2. The van der Waals surface area contributed by atoms with Crippen LogP contribution in [0, 0.1) is 0 Å². The number of aromatic amines is 1. The van der Waals surface area contributed by atoms with Gasteiger partial charge in [-0.1, -0.05) is 30.3 Å². The molecule has 3 aromatic carbocycles. The van der Waals surface area contributed by atoms with Crippen LogP contribution >= 0.6 is 0 Å². The Hall–Kier alpha value is -3.56. The molecule has 0 spiro atoms. The van der Waals surface area contributed by atoms with E-state index in [1.165, 1.54) is 22.5 Å². The largest absolute Gasteiger partial charge is 0.493 e. The molecule has 0 aliphatic carbocycles. The van der Waals surface area contributed by atoms with Crippen LogP contribution in [0.5, 0.6) is 11.5 Å². The maximum Gasteiger partial charge on any atom is 0.417 e. The molecule has 1 aromatic heterocycles. The molecule has 4 aromatic rings. The van der Waals surface area contributed by atoms with Crippen LogP contribution in [0.3, 0.4) is 0 Å². The Morgan fingerprint density at radius 3 is 2.45 bits per heavy atom. The van der Waals surface area contributed by atoms with Gasteiger partial charge >= 0.3 is 5.76 Å². The van der Waals surface area contributed by atoms with Crippen LogP contribution in [0.1, 0.15) is 22.7 Å². The molecular weight excluding hydrogens is 444 g/mol. The van der Waals surface area contributed by atoms with Crippen LogP contribution in [0.2, 0.25) is 0 Å². The van der Waals surface area contributed by atoms with Gasteiger partial charge in [0.05, 0.1) is 30.7 Å². The zero-order chi connectivity index (χ0) is 23.2. The summed E-state index contributed by atoms with van der Waals surface area (Å²) in [6.45, 7) is 0.277. The lowest BCUT2D eigenvalue weighted by Gasteiger charge is -2.37. The van der Waals surface area contributed by atoms with Crippen LogP contribution in [-0.4, -0.2) is 38.5 Å². The van der Waals surface area contributed by atoms with Crippen LogP contribution in [0.25, 0.3) is 11.1 Å². The van der Waals surface area contributed by atoms with E-state index in [-0.39, 0.29) is 17.0 Å². The van der Waals surface area contributed by atoms with Gasteiger partial charge in [0.2, 0.25) is 10.0 Å². The van der Waals surface area contributed by atoms with E-state index in [2.05, 4.69) is 4.98 Å². The van der Waals surface area contributed by atoms with E-state index in [1.54, 1.807) is 14.2 Å². The molecule has 33 heavy (non-hydrogen) atoms. The Morgan fingerprint density at radius 1 is 1.00 bits per heavy atom. The fraction of sp³-hybridized carbons (Fsp3) is 0.208. The number of hydrogen-bond acceptors (Lipinski definition) is 6. The van der Waals surface area contributed by atoms with Crippen LogP contribution in [0.15, 0.2) is 74.8 Å². The molecule has 0 unspecified atom stereocenters. The van der Waals surface area contributed by atoms with Crippen molar-refractivity contribution in [1.29, 1.82) is 0 Å². The molecule has 1 aliphatic rings.